The number of hydrogen-bond acceptors (Lipinski definition) is 5. The molecule has 1 aliphatic rings. The molecule has 0 spiro atoms. The van der Waals surface area contributed by atoms with Crippen LogP contribution in [0.25, 0.3) is 11.3 Å². The molecule has 0 saturated heterocycles. The van der Waals surface area contributed by atoms with Crippen LogP contribution in [-0.2, 0) is 16.0 Å². The Kier molecular flexibility index (Phi) is 4.55. The highest BCUT2D eigenvalue weighted by Crippen LogP contribution is 2.33. The lowest BCUT2D eigenvalue weighted by Crippen LogP contribution is -2.25. The minimum Gasteiger partial charge on any atom is -0.482 e. The van der Waals surface area contributed by atoms with Gasteiger partial charge < -0.3 is 15.4 Å². The van der Waals surface area contributed by atoms with E-state index in [0.29, 0.717) is 27.8 Å². The van der Waals surface area contributed by atoms with E-state index in [0.717, 1.165) is 5.56 Å². The third-order valence-electron chi connectivity index (χ3n) is 3.97. The van der Waals surface area contributed by atoms with Gasteiger partial charge >= 0.3 is 0 Å². The van der Waals surface area contributed by atoms with Crippen LogP contribution in [0.3, 0.4) is 0 Å². The summed E-state index contributed by atoms with van der Waals surface area (Å²) >= 11 is 1.27. The molecule has 2 aromatic carbocycles. The minimum absolute atomic E-state index is 0.00123. The molecule has 2 amide bonds. The van der Waals surface area contributed by atoms with Crippen LogP contribution in [-0.4, -0.2) is 23.4 Å². The molecule has 27 heavy (non-hydrogen) atoms. The Morgan fingerprint density at radius 2 is 2.15 bits per heavy atom. The molecule has 0 aliphatic carbocycles. The summed E-state index contributed by atoms with van der Waals surface area (Å²) in [5.41, 5.74) is 2.35. The van der Waals surface area contributed by atoms with Crippen molar-refractivity contribution >= 4 is 34.0 Å². The molecular weight excluding hydrogens is 369 g/mol. The quantitative estimate of drug-likeness (QED) is 0.723. The van der Waals surface area contributed by atoms with Gasteiger partial charge in [0.2, 0.25) is 5.91 Å². The van der Waals surface area contributed by atoms with Gasteiger partial charge in [0.1, 0.15) is 11.6 Å². The first-order valence-corrected chi connectivity index (χ1v) is 9.02. The second kappa shape index (κ2) is 7.16. The van der Waals surface area contributed by atoms with Crippen molar-refractivity contribution in [3.05, 3.63) is 59.2 Å². The van der Waals surface area contributed by atoms with E-state index in [1.807, 2.05) is 6.07 Å². The number of amides is 2. The van der Waals surface area contributed by atoms with Crippen molar-refractivity contribution in [2.45, 2.75) is 6.42 Å². The van der Waals surface area contributed by atoms with Crippen molar-refractivity contribution in [3.8, 4) is 17.0 Å². The second-order valence-corrected chi connectivity index (χ2v) is 6.76. The van der Waals surface area contributed by atoms with E-state index < -0.39 is 5.82 Å². The van der Waals surface area contributed by atoms with Crippen molar-refractivity contribution < 1.29 is 18.7 Å². The van der Waals surface area contributed by atoms with Crippen molar-refractivity contribution in [2.75, 3.05) is 17.2 Å². The minimum atomic E-state index is -0.411. The van der Waals surface area contributed by atoms with Gasteiger partial charge in [-0.15, -0.1) is 11.3 Å². The lowest BCUT2D eigenvalue weighted by molar-refractivity contribution is -0.118. The fraction of sp³-hybridized carbons (Fsp3) is 0.105. The number of ether oxygens (including phenoxy) is 1. The zero-order valence-electron chi connectivity index (χ0n) is 14.0. The lowest BCUT2D eigenvalue weighted by atomic mass is 10.1. The number of rotatable bonds is 4. The van der Waals surface area contributed by atoms with Gasteiger partial charge in [0.25, 0.3) is 5.91 Å². The summed E-state index contributed by atoms with van der Waals surface area (Å²) in [7, 11) is 0. The molecule has 8 heteroatoms. The molecule has 4 rings (SSSR count). The first-order valence-electron chi connectivity index (χ1n) is 8.14. The number of hydrogen-bond donors (Lipinski definition) is 2. The number of carbonyl (C=O) groups excluding carboxylic acids is 2. The largest absolute Gasteiger partial charge is 0.482 e. The lowest BCUT2D eigenvalue weighted by Gasteiger charge is -2.18. The van der Waals surface area contributed by atoms with Crippen LogP contribution in [0.2, 0.25) is 0 Å². The van der Waals surface area contributed by atoms with E-state index in [1.165, 1.54) is 17.4 Å². The average Bonchev–Trinajstić information content (AvgIpc) is 3.11. The summed E-state index contributed by atoms with van der Waals surface area (Å²) in [5, 5.41) is 7.65. The van der Waals surface area contributed by atoms with Crippen molar-refractivity contribution in [2.24, 2.45) is 0 Å². The van der Waals surface area contributed by atoms with E-state index in [9.17, 15) is 14.0 Å². The van der Waals surface area contributed by atoms with E-state index >= 15 is 0 Å². The number of nitrogens with one attached hydrogen (secondary N) is 2. The summed E-state index contributed by atoms with van der Waals surface area (Å²) < 4.78 is 19.0. The van der Waals surface area contributed by atoms with Crippen LogP contribution in [0.5, 0.6) is 5.75 Å². The van der Waals surface area contributed by atoms with Gasteiger partial charge in [0.05, 0.1) is 17.8 Å². The molecule has 0 saturated carbocycles. The second-order valence-electron chi connectivity index (χ2n) is 5.90. The van der Waals surface area contributed by atoms with E-state index in [1.54, 1.807) is 35.7 Å². The average molecular weight is 383 g/mol. The fourth-order valence-corrected chi connectivity index (χ4v) is 3.42. The maximum atomic E-state index is 13.6. The first-order chi connectivity index (χ1) is 13.1. The van der Waals surface area contributed by atoms with Gasteiger partial charge in [0, 0.05) is 10.9 Å². The van der Waals surface area contributed by atoms with E-state index in [4.69, 9.17) is 4.74 Å². The molecule has 6 nitrogen and oxygen atoms in total. The number of aromatic nitrogens is 1. The summed E-state index contributed by atoms with van der Waals surface area (Å²) in [5.74, 6) is -0.357. The Morgan fingerprint density at radius 3 is 3.00 bits per heavy atom. The number of carbonyl (C=O) groups is 2. The topological polar surface area (TPSA) is 80.3 Å². The zero-order chi connectivity index (χ0) is 18.8. The summed E-state index contributed by atoms with van der Waals surface area (Å²) in [4.78, 5) is 28.0. The van der Waals surface area contributed by atoms with Crippen molar-refractivity contribution in [1.29, 1.82) is 0 Å². The van der Waals surface area contributed by atoms with Gasteiger partial charge in [-0.3, -0.25) is 9.59 Å². The highest BCUT2D eigenvalue weighted by Gasteiger charge is 2.17. The number of anilines is 2. The molecule has 2 N–H and O–H groups in total. The van der Waals surface area contributed by atoms with E-state index in [-0.39, 0.29) is 24.8 Å². The smallest absolute Gasteiger partial charge is 0.262 e. The van der Waals surface area contributed by atoms with Crippen LogP contribution >= 0.6 is 11.3 Å². The summed E-state index contributed by atoms with van der Waals surface area (Å²) in [6.07, 6.45) is -0.0657. The molecule has 3 aromatic rings. The normalized spacial score (nSPS) is 12.7. The molecule has 1 aromatic heterocycles. The van der Waals surface area contributed by atoms with Gasteiger partial charge in [-0.2, -0.15) is 0 Å². The molecule has 0 unspecified atom stereocenters. The van der Waals surface area contributed by atoms with Gasteiger partial charge in [-0.1, -0.05) is 18.2 Å². The fourth-order valence-electron chi connectivity index (χ4n) is 2.68. The summed E-state index contributed by atoms with van der Waals surface area (Å²) in [6.45, 7) is 0.00123. The van der Waals surface area contributed by atoms with E-state index in [2.05, 4.69) is 15.6 Å². The molecule has 0 fully saturated rings. The van der Waals surface area contributed by atoms with Gasteiger partial charge in [-0.05, 0) is 29.8 Å². The van der Waals surface area contributed by atoms with Crippen molar-refractivity contribution in [3.63, 3.8) is 0 Å². The monoisotopic (exact) mass is 383 g/mol. The number of benzene rings is 2. The molecular formula is C19H14FN3O3S. The molecule has 1 aliphatic heterocycles. The molecule has 0 radical (unpaired) electrons. The Labute approximate surface area is 158 Å². The van der Waals surface area contributed by atoms with Crippen LogP contribution in [0.15, 0.2) is 47.8 Å². The van der Waals surface area contributed by atoms with Gasteiger partial charge in [0.15, 0.2) is 11.7 Å². The Balaban J connectivity index is 1.47. The van der Waals surface area contributed by atoms with Gasteiger partial charge in [-0.25, -0.2) is 9.37 Å². The predicted molar refractivity (Wildman–Crippen MR) is 100 cm³/mol. The Morgan fingerprint density at radius 1 is 1.30 bits per heavy atom. The molecule has 2 heterocycles. The van der Waals surface area contributed by atoms with Crippen LogP contribution < -0.4 is 15.4 Å². The predicted octanol–water partition coefficient (Wildman–Crippen LogP) is 3.46. The maximum absolute atomic E-state index is 13.6. The zero-order valence-corrected chi connectivity index (χ0v) is 14.8. The highest BCUT2D eigenvalue weighted by molar-refractivity contribution is 7.14. The Hall–Kier alpha value is -3.26. The summed E-state index contributed by atoms with van der Waals surface area (Å²) in [6, 6.07) is 11.5. The van der Waals surface area contributed by atoms with Crippen LogP contribution in [0.1, 0.15) is 5.56 Å². The number of fused-ring (bicyclic) bond motifs is 1. The SMILES string of the molecule is O=C(Cc1ccccc1F)Nc1nc(-c2ccc3c(c2)NC(=O)CO3)cs1. The number of halogens is 1. The number of thiazole rings is 1. The molecule has 136 valence electrons. The highest BCUT2D eigenvalue weighted by atomic mass is 32.1. The van der Waals surface area contributed by atoms with Crippen LogP contribution in [0.4, 0.5) is 15.2 Å². The molecule has 0 atom stereocenters. The third-order valence-corrected chi connectivity index (χ3v) is 4.73. The van der Waals surface area contributed by atoms with Crippen molar-refractivity contribution in [1.82, 2.24) is 4.98 Å². The molecule has 0 bridgehead atoms. The third kappa shape index (κ3) is 3.80. The van der Waals surface area contributed by atoms with Crippen LogP contribution in [0, 0.1) is 5.82 Å². The maximum Gasteiger partial charge on any atom is 0.262 e. The first kappa shape index (κ1) is 17.2. The number of nitrogens with zero attached hydrogens (tertiary/aromatic N) is 1. The standard InChI is InChI=1S/C19H14FN3O3S/c20-13-4-2-1-3-11(13)8-17(24)23-19-22-15(10-27-19)12-5-6-16-14(7-12)21-18(25)9-26-16/h1-7,10H,8-9H2,(H,21,25)(H,22,23,24). The Bertz CT molecular complexity index is 1030.